The molecule has 0 radical (unpaired) electrons. The lowest BCUT2D eigenvalue weighted by atomic mass is 10.1. The summed E-state index contributed by atoms with van der Waals surface area (Å²) < 4.78 is 1.17. The molecule has 0 bridgehead atoms. The summed E-state index contributed by atoms with van der Waals surface area (Å²) in [6.07, 6.45) is 2.13. The molecule has 1 atom stereocenters. The van der Waals surface area contributed by atoms with Gasteiger partial charge in [-0.3, -0.25) is 0 Å². The number of rotatable bonds is 6. The van der Waals surface area contributed by atoms with E-state index in [-0.39, 0.29) is 0 Å². The summed E-state index contributed by atoms with van der Waals surface area (Å²) in [4.78, 5) is 7.37. The van der Waals surface area contributed by atoms with Crippen LogP contribution in [0.5, 0.6) is 0 Å². The van der Waals surface area contributed by atoms with Crippen molar-refractivity contribution in [2.75, 3.05) is 6.54 Å². The van der Waals surface area contributed by atoms with Crippen LogP contribution in [0.3, 0.4) is 0 Å². The van der Waals surface area contributed by atoms with E-state index >= 15 is 0 Å². The predicted octanol–water partition coefficient (Wildman–Crippen LogP) is 4.87. The summed E-state index contributed by atoms with van der Waals surface area (Å²) in [7, 11) is 0. The zero-order valence-corrected chi connectivity index (χ0v) is 14.7. The van der Waals surface area contributed by atoms with E-state index in [4.69, 9.17) is 0 Å². The van der Waals surface area contributed by atoms with Crippen LogP contribution in [0.4, 0.5) is 0 Å². The summed E-state index contributed by atoms with van der Waals surface area (Å²) in [5.41, 5.74) is 1.17. The van der Waals surface area contributed by atoms with Crippen LogP contribution in [0.2, 0.25) is 0 Å². The van der Waals surface area contributed by atoms with Crippen molar-refractivity contribution in [1.29, 1.82) is 0 Å². The minimum Gasteiger partial charge on any atom is -0.309 e. The minimum absolute atomic E-state index is 0.376. The highest BCUT2D eigenvalue weighted by atomic mass is 79.9. The molecule has 0 amide bonds. The first-order valence-electron chi connectivity index (χ1n) is 6.50. The molecule has 0 aromatic carbocycles. The van der Waals surface area contributed by atoms with Crippen molar-refractivity contribution in [1.82, 2.24) is 10.3 Å². The van der Waals surface area contributed by atoms with Gasteiger partial charge in [0.1, 0.15) is 0 Å². The molecule has 2 heterocycles. The van der Waals surface area contributed by atoms with Crippen LogP contribution < -0.4 is 5.32 Å². The van der Waals surface area contributed by atoms with Gasteiger partial charge < -0.3 is 5.32 Å². The van der Waals surface area contributed by atoms with Gasteiger partial charge in [0.2, 0.25) is 0 Å². The van der Waals surface area contributed by atoms with Crippen molar-refractivity contribution < 1.29 is 0 Å². The molecule has 104 valence electrons. The first-order chi connectivity index (χ1) is 9.10. The van der Waals surface area contributed by atoms with E-state index in [1.54, 1.807) is 11.3 Å². The third-order valence-electron chi connectivity index (χ3n) is 3.02. The number of aryl methyl sites for hydroxylation is 2. The summed E-state index contributed by atoms with van der Waals surface area (Å²) in [5, 5.41) is 7.01. The Balaban J connectivity index is 2.13. The molecule has 0 saturated heterocycles. The number of hydrogen-bond donors (Lipinski definition) is 1. The number of thiazole rings is 1. The smallest absolute Gasteiger partial charge is 0.0950 e. The van der Waals surface area contributed by atoms with E-state index in [0.717, 1.165) is 19.4 Å². The summed E-state index contributed by atoms with van der Waals surface area (Å²) >= 11 is 7.16. The number of thiophene rings is 1. The first kappa shape index (κ1) is 15.2. The predicted molar refractivity (Wildman–Crippen MR) is 88.3 cm³/mol. The van der Waals surface area contributed by atoms with Gasteiger partial charge in [0, 0.05) is 32.1 Å². The Kier molecular flexibility index (Phi) is 5.57. The quantitative estimate of drug-likeness (QED) is 0.796. The van der Waals surface area contributed by atoms with Gasteiger partial charge in [0.05, 0.1) is 10.7 Å². The molecule has 5 heteroatoms. The highest BCUT2D eigenvalue weighted by Gasteiger charge is 2.16. The van der Waals surface area contributed by atoms with Crippen molar-refractivity contribution >= 4 is 38.6 Å². The Morgan fingerprint density at radius 2 is 2.21 bits per heavy atom. The van der Waals surface area contributed by atoms with Crippen molar-refractivity contribution in [2.45, 2.75) is 39.7 Å². The SMILES string of the molecule is CCCNC(Cc1nc(C)c(C)s1)c1cc(Br)cs1. The van der Waals surface area contributed by atoms with E-state index in [2.05, 4.69) is 58.4 Å². The van der Waals surface area contributed by atoms with Crippen LogP contribution in [-0.4, -0.2) is 11.5 Å². The van der Waals surface area contributed by atoms with Crippen molar-refractivity contribution in [2.24, 2.45) is 0 Å². The van der Waals surface area contributed by atoms with Gasteiger partial charge >= 0.3 is 0 Å². The van der Waals surface area contributed by atoms with E-state index in [0.29, 0.717) is 6.04 Å². The van der Waals surface area contributed by atoms with E-state index in [1.807, 2.05) is 11.3 Å². The Morgan fingerprint density at radius 3 is 2.74 bits per heavy atom. The Morgan fingerprint density at radius 1 is 1.42 bits per heavy atom. The Bertz CT molecular complexity index is 514. The van der Waals surface area contributed by atoms with E-state index < -0.39 is 0 Å². The second-order valence-corrected chi connectivity index (χ2v) is 7.77. The maximum absolute atomic E-state index is 4.66. The second kappa shape index (κ2) is 6.97. The molecule has 19 heavy (non-hydrogen) atoms. The highest BCUT2D eigenvalue weighted by Crippen LogP contribution is 2.29. The molecule has 1 N–H and O–H groups in total. The minimum atomic E-state index is 0.376. The number of aromatic nitrogens is 1. The lowest BCUT2D eigenvalue weighted by Crippen LogP contribution is -2.23. The molecule has 0 spiro atoms. The molecule has 1 unspecified atom stereocenters. The fraction of sp³-hybridized carbons (Fsp3) is 0.500. The molecule has 0 fully saturated rings. The average molecular weight is 359 g/mol. The van der Waals surface area contributed by atoms with Gasteiger partial charge in [-0.05, 0) is 48.8 Å². The van der Waals surface area contributed by atoms with Crippen LogP contribution in [0, 0.1) is 13.8 Å². The fourth-order valence-corrected chi connectivity index (χ4v) is 4.40. The molecule has 2 aromatic rings. The van der Waals surface area contributed by atoms with Gasteiger partial charge in [-0.15, -0.1) is 22.7 Å². The molecule has 2 nitrogen and oxygen atoms in total. The van der Waals surface area contributed by atoms with Crippen LogP contribution in [0.25, 0.3) is 0 Å². The zero-order chi connectivity index (χ0) is 13.8. The topological polar surface area (TPSA) is 24.9 Å². The van der Waals surface area contributed by atoms with Crippen LogP contribution in [0.1, 0.15) is 39.8 Å². The number of nitrogens with one attached hydrogen (secondary N) is 1. The third kappa shape index (κ3) is 4.12. The average Bonchev–Trinajstić information content (AvgIpc) is 2.92. The number of nitrogens with zero attached hydrogens (tertiary/aromatic N) is 1. The third-order valence-corrected chi connectivity index (χ3v) is 5.93. The van der Waals surface area contributed by atoms with Crippen LogP contribution >= 0.6 is 38.6 Å². The number of hydrogen-bond acceptors (Lipinski definition) is 4. The molecule has 2 aromatic heterocycles. The van der Waals surface area contributed by atoms with Gasteiger partial charge in [0.15, 0.2) is 0 Å². The summed E-state index contributed by atoms with van der Waals surface area (Å²) in [6, 6.07) is 2.59. The zero-order valence-electron chi connectivity index (χ0n) is 11.5. The van der Waals surface area contributed by atoms with Crippen molar-refractivity contribution in [3.05, 3.63) is 36.4 Å². The van der Waals surface area contributed by atoms with Crippen LogP contribution in [0.15, 0.2) is 15.9 Å². The van der Waals surface area contributed by atoms with E-state index in [9.17, 15) is 0 Å². The first-order valence-corrected chi connectivity index (χ1v) is 8.99. The van der Waals surface area contributed by atoms with Gasteiger partial charge in [0.25, 0.3) is 0 Å². The fourth-order valence-electron chi connectivity index (χ4n) is 1.90. The number of halogens is 1. The summed E-state index contributed by atoms with van der Waals surface area (Å²) in [6.45, 7) is 7.48. The maximum atomic E-state index is 4.66. The standard InChI is InChI=1S/C14H19BrN2S2/c1-4-5-16-12(13-6-11(15)8-18-13)7-14-17-9(2)10(3)19-14/h6,8,12,16H,4-5,7H2,1-3H3. The normalized spacial score (nSPS) is 12.8. The van der Waals surface area contributed by atoms with Crippen molar-refractivity contribution in [3.8, 4) is 0 Å². The molecular weight excluding hydrogens is 340 g/mol. The molecular formula is C14H19BrN2S2. The Hall–Kier alpha value is -0.230. The summed E-state index contributed by atoms with van der Waals surface area (Å²) in [5.74, 6) is 0. The molecule has 0 saturated carbocycles. The highest BCUT2D eigenvalue weighted by molar-refractivity contribution is 9.10. The largest absolute Gasteiger partial charge is 0.309 e. The van der Waals surface area contributed by atoms with Crippen molar-refractivity contribution in [3.63, 3.8) is 0 Å². The molecule has 0 aliphatic carbocycles. The molecule has 0 aliphatic rings. The maximum Gasteiger partial charge on any atom is 0.0950 e. The lowest BCUT2D eigenvalue weighted by molar-refractivity contribution is 0.535. The van der Waals surface area contributed by atoms with E-state index in [1.165, 1.54) is 24.9 Å². The van der Waals surface area contributed by atoms with Gasteiger partial charge in [-0.1, -0.05) is 6.92 Å². The lowest BCUT2D eigenvalue weighted by Gasteiger charge is -2.15. The molecule has 2 rings (SSSR count). The molecule has 0 aliphatic heterocycles. The van der Waals surface area contributed by atoms with Crippen LogP contribution in [-0.2, 0) is 6.42 Å². The van der Waals surface area contributed by atoms with Gasteiger partial charge in [-0.25, -0.2) is 4.98 Å². The Labute approximate surface area is 131 Å². The van der Waals surface area contributed by atoms with Gasteiger partial charge in [-0.2, -0.15) is 0 Å². The second-order valence-electron chi connectivity index (χ2n) is 4.63. The monoisotopic (exact) mass is 358 g/mol.